The molecule has 6 atom stereocenters. The molecule has 1 unspecified atom stereocenters. The summed E-state index contributed by atoms with van der Waals surface area (Å²) >= 11 is 1.27. The van der Waals surface area contributed by atoms with Gasteiger partial charge in [0.15, 0.2) is 25.0 Å². The highest BCUT2D eigenvalue weighted by atomic mass is 32.2. The number of amides is 1. The third-order valence-electron chi connectivity index (χ3n) is 13.9. The van der Waals surface area contributed by atoms with Gasteiger partial charge in [-0.25, -0.2) is 9.48 Å². The highest BCUT2D eigenvalue weighted by molar-refractivity contribution is 8.01. The Kier molecular flexibility index (Phi) is 16.5. The van der Waals surface area contributed by atoms with E-state index in [0.29, 0.717) is 5.92 Å². The summed E-state index contributed by atoms with van der Waals surface area (Å²) < 4.78 is 36.4. The van der Waals surface area contributed by atoms with Crippen LogP contribution in [0.5, 0.6) is 0 Å². The molecule has 2 N–H and O–H groups in total. The smallest absolute Gasteiger partial charge is 0.349 e. The Morgan fingerprint density at radius 3 is 2.00 bits per heavy atom. The molecule has 1 aromatic heterocycles. The first-order valence-corrected chi connectivity index (χ1v) is 31.4. The maximum atomic E-state index is 14.5. The molecule has 1 amide bonds. The third-order valence-corrected chi connectivity index (χ3v) is 28.6. The number of esters is 1. The van der Waals surface area contributed by atoms with Crippen LogP contribution in [0.3, 0.4) is 0 Å². The largest absolute Gasteiger partial charge is 0.466 e. The molecule has 12 nitrogen and oxygen atoms in total. The van der Waals surface area contributed by atoms with E-state index >= 15 is 0 Å². The highest BCUT2D eigenvalue weighted by Crippen LogP contribution is 2.50. The summed E-state index contributed by atoms with van der Waals surface area (Å²) in [5.41, 5.74) is 0.915. The van der Waals surface area contributed by atoms with Crippen molar-refractivity contribution in [2.24, 2.45) is 0 Å². The summed E-state index contributed by atoms with van der Waals surface area (Å²) in [5.74, 6) is -0.548. The van der Waals surface area contributed by atoms with Crippen molar-refractivity contribution in [2.75, 3.05) is 13.7 Å². The Balaban J connectivity index is 1.95. The van der Waals surface area contributed by atoms with Gasteiger partial charge >= 0.3 is 5.97 Å². The second-order valence-electron chi connectivity index (χ2n) is 21.6. The predicted octanol–water partition coefficient (Wildman–Crippen LogP) is 9.42. The summed E-state index contributed by atoms with van der Waals surface area (Å²) in [7, 11) is -6.51. The van der Waals surface area contributed by atoms with E-state index in [2.05, 4.69) is 117 Å². The number of hydrogen-bond donors (Lipinski definition) is 2. The van der Waals surface area contributed by atoms with Gasteiger partial charge in [0.1, 0.15) is 18.8 Å². The highest BCUT2D eigenvalue weighted by Gasteiger charge is 2.60. The van der Waals surface area contributed by atoms with Gasteiger partial charge in [-0.3, -0.25) is 4.79 Å². The van der Waals surface area contributed by atoms with Crippen LogP contribution in [0, 0.1) is 0 Å². The fourth-order valence-corrected chi connectivity index (χ4v) is 12.4. The van der Waals surface area contributed by atoms with E-state index in [0.717, 1.165) is 23.4 Å². The van der Waals surface area contributed by atoms with E-state index in [1.165, 1.54) is 38.1 Å². The van der Waals surface area contributed by atoms with Crippen molar-refractivity contribution in [1.82, 2.24) is 20.3 Å². The standard InChI is InChI=1S/C44H78N4O8SSi3/c1-41(2,3)58(11,12)54-34-27-44(40(51)52-10,57-32-25-21-18-22-26-32)53-39(37(34)45-36(50)29-48-28-33(46-47-48)31-23-19-17-20-24-31)38(56-60(15,16)43(7,8)9)35(30-49)55-59(13,14)42(4,5)6/h18,21-22,25-26,28,31,34-35,37-39,49H,17,19-20,23-24,27,29-30H2,1-16H3,(H,45,50)/t34-,35+,37+,38+,39+,44?/m0/s1. The second-order valence-corrected chi connectivity index (χ2v) is 37.2. The van der Waals surface area contributed by atoms with Crippen molar-refractivity contribution in [2.45, 2.75) is 208 Å². The SMILES string of the molecule is COC(=O)C1(Sc2ccccc2)C[C@H](O[Si](C)(C)C(C)(C)C)[C@@H](NC(=O)Cn2cc(C3CCCCC3)nn2)[C@H]([C@H](O[Si](C)(C)C(C)(C)C)[C@@H](CO)O[Si](C)(C)C(C)(C)C)O1. The molecule has 1 aliphatic carbocycles. The predicted molar refractivity (Wildman–Crippen MR) is 248 cm³/mol. The summed E-state index contributed by atoms with van der Waals surface area (Å²) in [4.78, 5) is 28.2. The number of aliphatic hydroxyl groups excluding tert-OH is 1. The number of ether oxygens (including phenoxy) is 2. The number of carbonyl (C=O) groups is 2. The van der Waals surface area contributed by atoms with E-state index in [1.54, 1.807) is 4.68 Å². The Morgan fingerprint density at radius 2 is 1.47 bits per heavy atom. The summed E-state index contributed by atoms with van der Waals surface area (Å²) in [6, 6.07) is 8.80. The maximum absolute atomic E-state index is 14.5. The van der Waals surface area contributed by atoms with Crippen LogP contribution in [0.4, 0.5) is 0 Å². The maximum Gasteiger partial charge on any atom is 0.349 e. The minimum Gasteiger partial charge on any atom is -0.466 e. The molecule has 60 heavy (non-hydrogen) atoms. The molecule has 2 heterocycles. The molecule has 340 valence electrons. The normalized spacial score (nSPS) is 23.9. The van der Waals surface area contributed by atoms with Gasteiger partial charge in [0.2, 0.25) is 10.8 Å². The Hall–Kier alpha value is -1.90. The first kappa shape index (κ1) is 50.7. The van der Waals surface area contributed by atoms with Gasteiger partial charge in [-0.2, -0.15) is 0 Å². The Morgan fingerprint density at radius 1 is 0.900 bits per heavy atom. The van der Waals surface area contributed by atoms with E-state index in [1.807, 2.05) is 36.5 Å². The number of nitrogens with zero attached hydrogens (tertiary/aromatic N) is 3. The number of benzene rings is 1. The zero-order valence-corrected chi connectivity index (χ0v) is 43.5. The molecule has 2 aliphatic rings. The number of thioether (sulfide) groups is 1. The van der Waals surface area contributed by atoms with E-state index < -0.39 is 66.3 Å². The van der Waals surface area contributed by atoms with Crippen LogP contribution in [-0.4, -0.2) is 106 Å². The average Bonchev–Trinajstić information content (AvgIpc) is 3.61. The number of methoxy groups -OCH3 is 1. The third kappa shape index (κ3) is 12.2. The monoisotopic (exact) mass is 906 g/mol. The summed E-state index contributed by atoms with van der Waals surface area (Å²) in [6.45, 7) is 31.9. The van der Waals surface area contributed by atoms with Crippen LogP contribution < -0.4 is 5.32 Å². The number of rotatable bonds is 16. The molecule has 2 fully saturated rings. The Bertz CT molecular complexity index is 1720. The van der Waals surface area contributed by atoms with Crippen molar-refractivity contribution >= 4 is 48.6 Å². The van der Waals surface area contributed by atoms with E-state index in [9.17, 15) is 14.7 Å². The Labute approximate surface area is 368 Å². The van der Waals surface area contributed by atoms with Gasteiger partial charge in [-0.05, 0) is 79.4 Å². The van der Waals surface area contributed by atoms with Crippen LogP contribution in [0.2, 0.25) is 54.4 Å². The zero-order valence-electron chi connectivity index (χ0n) is 39.6. The molecule has 1 saturated heterocycles. The number of aliphatic hydroxyl groups is 1. The summed E-state index contributed by atoms with van der Waals surface area (Å²) in [5, 5.41) is 23.0. The zero-order chi connectivity index (χ0) is 45.1. The molecular weight excluding hydrogens is 829 g/mol. The average molecular weight is 907 g/mol. The molecule has 16 heteroatoms. The van der Waals surface area contributed by atoms with Crippen molar-refractivity contribution in [3.63, 3.8) is 0 Å². The fourth-order valence-electron chi connectivity index (χ4n) is 7.12. The van der Waals surface area contributed by atoms with Crippen molar-refractivity contribution in [3.8, 4) is 0 Å². The van der Waals surface area contributed by atoms with Gasteiger partial charge in [0.25, 0.3) is 0 Å². The second kappa shape index (κ2) is 19.5. The molecule has 1 saturated carbocycles. The van der Waals surface area contributed by atoms with E-state index in [-0.39, 0.29) is 40.6 Å². The lowest BCUT2D eigenvalue weighted by Crippen LogP contribution is -2.70. The topological polar surface area (TPSA) is 143 Å². The molecular formula is C44H78N4O8SSi3. The molecule has 0 spiro atoms. The molecule has 1 aromatic carbocycles. The molecule has 0 radical (unpaired) electrons. The van der Waals surface area contributed by atoms with Crippen molar-refractivity contribution in [1.29, 1.82) is 0 Å². The van der Waals surface area contributed by atoms with Crippen LogP contribution in [0.15, 0.2) is 41.4 Å². The van der Waals surface area contributed by atoms with Crippen LogP contribution in [-0.2, 0) is 38.9 Å². The van der Waals surface area contributed by atoms with Gasteiger partial charge in [0.05, 0.1) is 37.7 Å². The quantitative estimate of drug-likeness (QED) is 0.123. The minimum absolute atomic E-state index is 0.0715. The van der Waals surface area contributed by atoms with Crippen molar-refractivity contribution < 1.29 is 37.4 Å². The van der Waals surface area contributed by atoms with Gasteiger partial charge in [-0.1, -0.05) is 117 Å². The van der Waals surface area contributed by atoms with Crippen LogP contribution in [0.25, 0.3) is 0 Å². The van der Waals surface area contributed by atoms with Gasteiger partial charge in [0, 0.05) is 23.4 Å². The molecule has 2 aromatic rings. The molecule has 4 rings (SSSR count). The first-order valence-electron chi connectivity index (χ1n) is 21.9. The minimum atomic E-state index is -2.70. The lowest BCUT2D eigenvalue weighted by molar-refractivity contribution is -0.202. The lowest BCUT2D eigenvalue weighted by Gasteiger charge is -2.54. The number of nitrogens with one attached hydrogen (secondary N) is 1. The summed E-state index contributed by atoms with van der Waals surface area (Å²) in [6.07, 6.45) is 4.07. The number of hydrogen-bond acceptors (Lipinski definition) is 11. The van der Waals surface area contributed by atoms with Gasteiger partial charge in [-0.15, -0.1) is 5.10 Å². The molecule has 1 aliphatic heterocycles. The molecule has 0 bridgehead atoms. The van der Waals surface area contributed by atoms with Crippen LogP contribution in [0.1, 0.15) is 112 Å². The first-order chi connectivity index (χ1) is 27.6. The fraction of sp³-hybridized carbons (Fsp3) is 0.773. The lowest BCUT2D eigenvalue weighted by atomic mass is 9.87. The van der Waals surface area contributed by atoms with Crippen molar-refractivity contribution in [3.05, 3.63) is 42.2 Å². The van der Waals surface area contributed by atoms with E-state index in [4.69, 9.17) is 22.8 Å². The van der Waals surface area contributed by atoms with Crippen LogP contribution >= 0.6 is 11.8 Å². The number of aromatic nitrogens is 3. The van der Waals surface area contributed by atoms with Gasteiger partial charge < -0.3 is 33.2 Å². The number of carbonyl (C=O) groups excluding carboxylic acids is 2.